The summed E-state index contributed by atoms with van der Waals surface area (Å²) in [5, 5.41) is 13.7. The highest BCUT2D eigenvalue weighted by Crippen LogP contribution is 2.32. The van der Waals surface area contributed by atoms with Crippen LogP contribution in [0, 0.1) is 24.0 Å². The molecule has 0 aliphatic carbocycles. The van der Waals surface area contributed by atoms with Crippen LogP contribution in [0.15, 0.2) is 30.0 Å². The molecule has 0 bridgehead atoms. The fraction of sp³-hybridized carbons (Fsp3) is 0.222. The number of non-ortho nitro benzene ring substituents is 1. The first-order valence-electron chi connectivity index (χ1n) is 8.07. The van der Waals surface area contributed by atoms with E-state index in [2.05, 4.69) is 5.32 Å². The monoisotopic (exact) mass is 370 g/mol. The van der Waals surface area contributed by atoms with Gasteiger partial charge in [-0.2, -0.15) is 0 Å². The normalized spacial score (nSPS) is 15.4. The number of benzene rings is 1. The van der Waals surface area contributed by atoms with Gasteiger partial charge in [0.05, 0.1) is 17.7 Å². The van der Waals surface area contributed by atoms with Gasteiger partial charge >= 0.3 is 6.03 Å². The zero-order valence-electron chi connectivity index (χ0n) is 15.3. The van der Waals surface area contributed by atoms with Gasteiger partial charge in [-0.05, 0) is 37.6 Å². The Morgan fingerprint density at radius 2 is 1.93 bits per heavy atom. The minimum atomic E-state index is -0.486. The average Bonchev–Trinajstić information content (AvgIpc) is 3.04. The first kappa shape index (κ1) is 18.2. The molecule has 140 valence electrons. The zero-order valence-corrected chi connectivity index (χ0v) is 15.3. The topological polar surface area (TPSA) is 107 Å². The Morgan fingerprint density at radius 1 is 1.22 bits per heavy atom. The van der Waals surface area contributed by atoms with Crippen LogP contribution in [0.25, 0.3) is 11.8 Å². The molecule has 9 heteroatoms. The maximum atomic E-state index is 12.1. The number of rotatable bonds is 4. The van der Waals surface area contributed by atoms with E-state index in [1.54, 1.807) is 12.1 Å². The van der Waals surface area contributed by atoms with E-state index in [9.17, 15) is 19.7 Å². The Kier molecular flexibility index (Phi) is 4.44. The van der Waals surface area contributed by atoms with Crippen LogP contribution in [0.2, 0.25) is 0 Å². The van der Waals surface area contributed by atoms with E-state index in [-0.39, 0.29) is 11.4 Å². The second-order valence-electron chi connectivity index (χ2n) is 6.13. The molecule has 27 heavy (non-hydrogen) atoms. The molecule has 0 atom stereocenters. The molecule has 2 aromatic rings. The molecule has 9 nitrogen and oxygen atoms in total. The van der Waals surface area contributed by atoms with Crippen LogP contribution in [0.3, 0.4) is 0 Å². The van der Waals surface area contributed by atoms with Crippen molar-refractivity contribution in [1.82, 2.24) is 14.8 Å². The number of amides is 3. The van der Waals surface area contributed by atoms with Crippen molar-refractivity contribution in [2.45, 2.75) is 13.8 Å². The highest BCUT2D eigenvalue weighted by molar-refractivity contribution is 6.13. The molecular formula is C18H18N4O5. The molecule has 1 aromatic carbocycles. The van der Waals surface area contributed by atoms with Crippen molar-refractivity contribution >= 4 is 23.7 Å². The van der Waals surface area contributed by atoms with Crippen LogP contribution >= 0.6 is 0 Å². The number of likely N-dealkylation sites (N-methyl/N-ethyl adjacent to an activating group) is 1. The smallest absolute Gasteiger partial charge is 0.328 e. The average molecular weight is 370 g/mol. The minimum absolute atomic E-state index is 0.0573. The maximum absolute atomic E-state index is 12.1. The molecular weight excluding hydrogens is 352 g/mol. The van der Waals surface area contributed by atoms with Gasteiger partial charge in [0.25, 0.3) is 11.6 Å². The van der Waals surface area contributed by atoms with Gasteiger partial charge in [-0.3, -0.25) is 19.8 Å². The van der Waals surface area contributed by atoms with Crippen LogP contribution in [-0.4, -0.2) is 40.5 Å². The summed E-state index contributed by atoms with van der Waals surface area (Å²) in [5.74, 6) is 0.0596. The Labute approximate surface area is 155 Å². The molecule has 1 aliphatic heterocycles. The van der Waals surface area contributed by atoms with Crippen LogP contribution in [0.1, 0.15) is 17.0 Å². The summed E-state index contributed by atoms with van der Waals surface area (Å²) in [6, 6.07) is 5.70. The third kappa shape index (κ3) is 3.03. The lowest BCUT2D eigenvalue weighted by molar-refractivity contribution is -0.384. The van der Waals surface area contributed by atoms with E-state index in [0.29, 0.717) is 17.0 Å². The Hall–Kier alpha value is -3.62. The number of nitrogens with one attached hydrogen (secondary N) is 1. The molecule has 0 spiro atoms. The summed E-state index contributed by atoms with van der Waals surface area (Å²) >= 11 is 0. The number of aromatic nitrogens is 1. The molecule has 0 saturated carbocycles. The first-order chi connectivity index (χ1) is 12.7. The molecule has 1 N–H and O–H groups in total. The van der Waals surface area contributed by atoms with Gasteiger partial charge < -0.3 is 14.6 Å². The zero-order chi connectivity index (χ0) is 19.9. The third-order valence-corrected chi connectivity index (χ3v) is 4.47. The summed E-state index contributed by atoms with van der Waals surface area (Å²) in [6.07, 6.45) is 1.59. The summed E-state index contributed by atoms with van der Waals surface area (Å²) in [5.41, 5.74) is 2.88. The van der Waals surface area contributed by atoms with Gasteiger partial charge in [-0.25, -0.2) is 4.79 Å². The van der Waals surface area contributed by atoms with Crippen molar-refractivity contribution in [1.29, 1.82) is 0 Å². The summed E-state index contributed by atoms with van der Waals surface area (Å²) < 4.78 is 7.16. The number of nitrogens with zero attached hydrogens (tertiary/aromatic N) is 3. The van der Waals surface area contributed by atoms with Crippen LogP contribution in [-0.2, 0) is 4.79 Å². The van der Waals surface area contributed by atoms with Gasteiger partial charge in [0, 0.05) is 30.6 Å². The lowest BCUT2D eigenvalue weighted by Gasteiger charge is -2.13. The summed E-state index contributed by atoms with van der Waals surface area (Å²) in [6.45, 7) is 3.66. The first-order valence-corrected chi connectivity index (χ1v) is 8.07. The number of urea groups is 1. The molecule has 0 unspecified atom stereocenters. The Bertz CT molecular complexity index is 1010. The molecule has 2 heterocycles. The fourth-order valence-electron chi connectivity index (χ4n) is 3.05. The van der Waals surface area contributed by atoms with E-state index in [1.165, 1.54) is 26.3 Å². The van der Waals surface area contributed by atoms with Gasteiger partial charge in [-0.1, -0.05) is 0 Å². The van der Waals surface area contributed by atoms with Crippen molar-refractivity contribution in [3.05, 3.63) is 57.0 Å². The number of aryl methyl sites for hydroxylation is 1. The van der Waals surface area contributed by atoms with Gasteiger partial charge in [0.1, 0.15) is 11.4 Å². The van der Waals surface area contributed by atoms with E-state index < -0.39 is 16.9 Å². The minimum Gasteiger partial charge on any atom is -0.495 e. The van der Waals surface area contributed by atoms with Gasteiger partial charge in [0.15, 0.2) is 0 Å². The van der Waals surface area contributed by atoms with E-state index in [0.717, 1.165) is 16.3 Å². The number of imide groups is 1. The summed E-state index contributed by atoms with van der Waals surface area (Å²) in [7, 11) is 2.89. The quantitative estimate of drug-likeness (QED) is 0.385. The van der Waals surface area contributed by atoms with Gasteiger partial charge in [-0.15, -0.1) is 0 Å². The predicted molar refractivity (Wildman–Crippen MR) is 97.7 cm³/mol. The largest absolute Gasteiger partial charge is 0.495 e. The SMILES string of the molecule is COc1ccc([N+](=O)[O-])cc1-n1c(C)cc(/C=C2/NC(=O)N(C)C2=O)c1C. The third-order valence-electron chi connectivity index (χ3n) is 4.47. The van der Waals surface area contributed by atoms with Crippen molar-refractivity contribution in [2.24, 2.45) is 0 Å². The van der Waals surface area contributed by atoms with Gasteiger partial charge in [0.2, 0.25) is 0 Å². The fourth-order valence-corrected chi connectivity index (χ4v) is 3.05. The Morgan fingerprint density at radius 3 is 2.48 bits per heavy atom. The second kappa shape index (κ2) is 6.60. The van der Waals surface area contributed by atoms with Crippen LogP contribution in [0.5, 0.6) is 5.75 Å². The molecule has 3 rings (SSSR count). The molecule has 1 saturated heterocycles. The summed E-state index contributed by atoms with van der Waals surface area (Å²) in [4.78, 5) is 35.4. The van der Waals surface area contributed by atoms with E-state index in [1.807, 2.05) is 24.5 Å². The number of nitro groups is 1. The number of carbonyl (C=O) groups excluding carboxylic acids is 2. The lowest BCUT2D eigenvalue weighted by atomic mass is 10.2. The predicted octanol–water partition coefficient (Wildman–Crippen LogP) is 2.53. The second-order valence-corrected chi connectivity index (χ2v) is 6.13. The molecule has 1 aliphatic rings. The van der Waals surface area contributed by atoms with Crippen LogP contribution < -0.4 is 10.1 Å². The van der Waals surface area contributed by atoms with Crippen molar-refractivity contribution in [3.63, 3.8) is 0 Å². The van der Waals surface area contributed by atoms with Crippen molar-refractivity contribution in [3.8, 4) is 11.4 Å². The number of nitro benzene ring substituents is 1. The maximum Gasteiger partial charge on any atom is 0.328 e. The molecule has 3 amide bonds. The van der Waals surface area contributed by atoms with Crippen LogP contribution in [0.4, 0.5) is 10.5 Å². The van der Waals surface area contributed by atoms with Crippen molar-refractivity contribution < 1.29 is 19.2 Å². The lowest BCUT2D eigenvalue weighted by Crippen LogP contribution is -2.25. The number of carbonyl (C=O) groups is 2. The van der Waals surface area contributed by atoms with E-state index >= 15 is 0 Å². The van der Waals surface area contributed by atoms with E-state index in [4.69, 9.17) is 4.74 Å². The molecule has 1 fully saturated rings. The standard InChI is InChI=1S/C18H18N4O5/c1-10-7-12(8-14-17(23)20(3)18(24)19-14)11(2)21(10)15-9-13(22(25)26)5-6-16(15)27-4/h5-9H,1-4H3,(H,19,24)/b14-8+. The highest BCUT2D eigenvalue weighted by Gasteiger charge is 2.30. The number of hydrogen-bond donors (Lipinski definition) is 1. The highest BCUT2D eigenvalue weighted by atomic mass is 16.6. The number of methoxy groups -OCH3 is 1. The number of ether oxygens (including phenoxy) is 1. The van der Waals surface area contributed by atoms with Crippen molar-refractivity contribution in [2.75, 3.05) is 14.2 Å². The Balaban J connectivity index is 2.13. The molecule has 1 aromatic heterocycles. The molecule has 0 radical (unpaired) electrons. The number of hydrogen-bond acceptors (Lipinski definition) is 5.